The summed E-state index contributed by atoms with van der Waals surface area (Å²) < 4.78 is 18.3. The Bertz CT molecular complexity index is 604. The fourth-order valence-corrected chi connectivity index (χ4v) is 2.62. The van der Waals surface area contributed by atoms with Crippen LogP contribution in [0.5, 0.6) is 5.75 Å². The second kappa shape index (κ2) is 8.19. The molecular formula is C16H21ClFN3O3. The van der Waals surface area contributed by atoms with Crippen LogP contribution in [0.3, 0.4) is 0 Å². The number of halogens is 2. The molecule has 0 saturated carbocycles. The number of piperidine rings is 1. The van der Waals surface area contributed by atoms with Crippen molar-refractivity contribution in [1.29, 1.82) is 0 Å². The van der Waals surface area contributed by atoms with Crippen LogP contribution in [0.4, 0.5) is 9.18 Å². The number of hydrogen-bond donors (Lipinski definition) is 1. The molecule has 1 aliphatic heterocycles. The highest BCUT2D eigenvalue weighted by Gasteiger charge is 2.24. The van der Waals surface area contributed by atoms with Crippen LogP contribution in [0.15, 0.2) is 18.2 Å². The summed E-state index contributed by atoms with van der Waals surface area (Å²) in [6.07, 6.45) is 1.39. The summed E-state index contributed by atoms with van der Waals surface area (Å²) in [7, 11) is 3.37. The molecule has 0 bridgehead atoms. The minimum atomic E-state index is -0.458. The Morgan fingerprint density at radius 1 is 1.38 bits per heavy atom. The molecule has 1 aromatic carbocycles. The average Bonchev–Trinajstić information content (AvgIpc) is 2.54. The Balaban J connectivity index is 1.77. The number of ether oxygens (including phenoxy) is 1. The largest absolute Gasteiger partial charge is 0.482 e. The molecule has 0 atom stereocenters. The number of hydrogen-bond acceptors (Lipinski definition) is 3. The molecule has 8 heteroatoms. The molecule has 24 heavy (non-hydrogen) atoms. The van der Waals surface area contributed by atoms with Crippen LogP contribution in [0.25, 0.3) is 0 Å². The van der Waals surface area contributed by atoms with E-state index in [-0.39, 0.29) is 35.4 Å². The van der Waals surface area contributed by atoms with E-state index in [9.17, 15) is 14.0 Å². The van der Waals surface area contributed by atoms with Crippen LogP contribution in [-0.2, 0) is 4.79 Å². The predicted octanol–water partition coefficient (Wildman–Crippen LogP) is 2.12. The van der Waals surface area contributed by atoms with Crippen molar-refractivity contribution in [2.75, 3.05) is 33.8 Å². The number of nitrogens with zero attached hydrogens (tertiary/aromatic N) is 2. The van der Waals surface area contributed by atoms with Crippen LogP contribution in [0.1, 0.15) is 12.8 Å². The third kappa shape index (κ3) is 4.99. The van der Waals surface area contributed by atoms with Crippen LogP contribution in [0.2, 0.25) is 5.02 Å². The smallest absolute Gasteiger partial charge is 0.317 e. The fraction of sp³-hybridized carbons (Fsp3) is 0.500. The molecule has 0 aliphatic carbocycles. The summed E-state index contributed by atoms with van der Waals surface area (Å²) in [5.41, 5.74) is 0. The molecule has 1 N–H and O–H groups in total. The second-order valence-electron chi connectivity index (χ2n) is 5.86. The lowest BCUT2D eigenvalue weighted by atomic mass is 10.1. The maximum atomic E-state index is 13.0. The lowest BCUT2D eigenvalue weighted by Crippen LogP contribution is -2.49. The van der Waals surface area contributed by atoms with E-state index in [4.69, 9.17) is 16.3 Å². The first-order valence-corrected chi connectivity index (χ1v) is 8.08. The first-order valence-electron chi connectivity index (χ1n) is 7.70. The third-order valence-corrected chi connectivity index (χ3v) is 4.12. The van der Waals surface area contributed by atoms with Gasteiger partial charge in [0.25, 0.3) is 5.91 Å². The number of likely N-dealkylation sites (tertiary alicyclic amines) is 1. The van der Waals surface area contributed by atoms with Crippen molar-refractivity contribution >= 4 is 23.5 Å². The van der Waals surface area contributed by atoms with E-state index in [1.807, 2.05) is 0 Å². The van der Waals surface area contributed by atoms with Gasteiger partial charge in [0, 0.05) is 33.2 Å². The normalized spacial score (nSPS) is 15.1. The minimum Gasteiger partial charge on any atom is -0.482 e. The first-order chi connectivity index (χ1) is 11.4. The number of carbonyl (C=O) groups is 2. The zero-order valence-electron chi connectivity index (χ0n) is 13.7. The van der Waals surface area contributed by atoms with Crippen molar-refractivity contribution in [3.8, 4) is 5.75 Å². The van der Waals surface area contributed by atoms with Gasteiger partial charge >= 0.3 is 6.03 Å². The van der Waals surface area contributed by atoms with Crippen LogP contribution in [-0.4, -0.2) is 61.6 Å². The van der Waals surface area contributed by atoms with E-state index >= 15 is 0 Å². The summed E-state index contributed by atoms with van der Waals surface area (Å²) in [6.45, 7) is 0.954. The lowest BCUT2D eigenvalue weighted by molar-refractivity contribution is -0.134. The molecule has 0 aromatic heterocycles. The second-order valence-corrected chi connectivity index (χ2v) is 6.27. The van der Waals surface area contributed by atoms with E-state index in [0.717, 1.165) is 6.07 Å². The van der Waals surface area contributed by atoms with E-state index in [1.165, 1.54) is 17.0 Å². The maximum absolute atomic E-state index is 13.0. The lowest BCUT2D eigenvalue weighted by Gasteiger charge is -2.32. The molecule has 6 nitrogen and oxygen atoms in total. The molecule has 0 radical (unpaired) electrons. The Morgan fingerprint density at radius 2 is 2.04 bits per heavy atom. The third-order valence-electron chi connectivity index (χ3n) is 3.83. The first kappa shape index (κ1) is 18.3. The standard InChI is InChI=1S/C16H21ClFN3O3/c1-20(2)16(23)19-12-5-7-21(8-6-12)15(22)10-24-14-4-3-11(18)9-13(14)17/h3-4,9,12H,5-8,10H2,1-2H3,(H,19,23). The summed E-state index contributed by atoms with van der Waals surface area (Å²) in [5, 5.41) is 3.05. The number of nitrogens with one attached hydrogen (secondary N) is 1. The highest BCUT2D eigenvalue weighted by molar-refractivity contribution is 6.32. The van der Waals surface area contributed by atoms with Crippen LogP contribution in [0, 0.1) is 5.82 Å². The van der Waals surface area contributed by atoms with Gasteiger partial charge in [-0.1, -0.05) is 11.6 Å². The number of amides is 3. The molecule has 1 aromatic rings. The van der Waals surface area contributed by atoms with Gasteiger partial charge in [0.15, 0.2) is 6.61 Å². The van der Waals surface area contributed by atoms with Crippen molar-refractivity contribution in [3.05, 3.63) is 29.0 Å². The number of urea groups is 1. The molecule has 3 amide bonds. The Morgan fingerprint density at radius 3 is 2.62 bits per heavy atom. The number of rotatable bonds is 4. The maximum Gasteiger partial charge on any atom is 0.317 e. The molecule has 1 saturated heterocycles. The fourth-order valence-electron chi connectivity index (χ4n) is 2.40. The van der Waals surface area contributed by atoms with Crippen molar-refractivity contribution in [3.63, 3.8) is 0 Å². The minimum absolute atomic E-state index is 0.0661. The van der Waals surface area contributed by atoms with Crippen molar-refractivity contribution < 1.29 is 18.7 Å². The predicted molar refractivity (Wildman–Crippen MR) is 88.7 cm³/mol. The topological polar surface area (TPSA) is 61.9 Å². The van der Waals surface area contributed by atoms with Gasteiger partial charge in [0.05, 0.1) is 5.02 Å². The SMILES string of the molecule is CN(C)C(=O)NC1CCN(C(=O)COc2ccc(F)cc2Cl)CC1. The van der Waals surface area contributed by atoms with E-state index in [0.29, 0.717) is 25.9 Å². The van der Waals surface area contributed by atoms with Gasteiger partial charge in [-0.3, -0.25) is 4.79 Å². The Kier molecular flexibility index (Phi) is 6.25. The van der Waals surface area contributed by atoms with Crippen LogP contribution >= 0.6 is 11.6 Å². The Hall–Kier alpha value is -2.02. The monoisotopic (exact) mass is 357 g/mol. The molecule has 2 rings (SSSR count). The molecule has 1 heterocycles. The van der Waals surface area contributed by atoms with Gasteiger partial charge in [-0.05, 0) is 31.0 Å². The van der Waals surface area contributed by atoms with Gasteiger partial charge in [-0.2, -0.15) is 0 Å². The van der Waals surface area contributed by atoms with Crippen molar-refractivity contribution in [2.24, 2.45) is 0 Å². The molecule has 1 aliphatic rings. The number of benzene rings is 1. The molecule has 0 unspecified atom stereocenters. The van der Waals surface area contributed by atoms with Gasteiger partial charge in [-0.25, -0.2) is 9.18 Å². The van der Waals surface area contributed by atoms with E-state index in [1.54, 1.807) is 19.0 Å². The van der Waals surface area contributed by atoms with E-state index in [2.05, 4.69) is 5.32 Å². The van der Waals surface area contributed by atoms with Gasteiger partial charge in [-0.15, -0.1) is 0 Å². The summed E-state index contributed by atoms with van der Waals surface area (Å²) in [5.74, 6) is -0.340. The highest BCUT2D eigenvalue weighted by Crippen LogP contribution is 2.25. The van der Waals surface area contributed by atoms with Crippen molar-refractivity contribution in [1.82, 2.24) is 15.1 Å². The highest BCUT2D eigenvalue weighted by atomic mass is 35.5. The summed E-state index contributed by atoms with van der Waals surface area (Å²) in [6, 6.07) is 3.70. The van der Waals surface area contributed by atoms with Crippen LogP contribution < -0.4 is 10.1 Å². The summed E-state index contributed by atoms with van der Waals surface area (Å²) in [4.78, 5) is 27.0. The molecule has 1 fully saturated rings. The molecule has 0 spiro atoms. The van der Waals surface area contributed by atoms with E-state index < -0.39 is 5.82 Å². The zero-order chi connectivity index (χ0) is 17.7. The zero-order valence-corrected chi connectivity index (χ0v) is 14.5. The van der Waals surface area contributed by atoms with Gasteiger partial charge in [0.1, 0.15) is 11.6 Å². The molecule has 132 valence electrons. The molecular weight excluding hydrogens is 337 g/mol. The Labute approximate surface area is 145 Å². The van der Waals surface area contributed by atoms with Gasteiger partial charge < -0.3 is 19.9 Å². The number of carbonyl (C=O) groups excluding carboxylic acids is 2. The summed E-state index contributed by atoms with van der Waals surface area (Å²) >= 11 is 5.86. The van der Waals surface area contributed by atoms with Crippen molar-refractivity contribution in [2.45, 2.75) is 18.9 Å². The van der Waals surface area contributed by atoms with Gasteiger partial charge in [0.2, 0.25) is 0 Å². The average molecular weight is 358 g/mol. The quantitative estimate of drug-likeness (QED) is 0.897.